The number of rotatable bonds is 5. The molecule has 0 saturated carbocycles. The van der Waals surface area contributed by atoms with Crippen LogP contribution in [-0.2, 0) is 4.79 Å². The van der Waals surface area contributed by atoms with Crippen LogP contribution in [0.2, 0.25) is 10.0 Å². The second-order valence-electron chi connectivity index (χ2n) is 5.15. The van der Waals surface area contributed by atoms with Gasteiger partial charge in [-0.25, -0.2) is 0 Å². The molecule has 3 rings (SSSR count). The largest absolute Gasteiger partial charge is 0.323 e. The fourth-order valence-corrected chi connectivity index (χ4v) is 3.30. The molecule has 9 heteroatoms. The molecule has 1 N–H and O–H groups in total. The Balaban J connectivity index is 1.69. The Labute approximate surface area is 158 Å². The van der Waals surface area contributed by atoms with E-state index in [2.05, 4.69) is 20.8 Å². The van der Waals surface area contributed by atoms with Gasteiger partial charge in [0, 0.05) is 0 Å². The summed E-state index contributed by atoms with van der Waals surface area (Å²) in [5.41, 5.74) is 2.33. The Kier molecular flexibility index (Phi) is 5.57. The predicted molar refractivity (Wildman–Crippen MR) is 99.7 cm³/mol. The van der Waals surface area contributed by atoms with Crippen molar-refractivity contribution in [2.24, 2.45) is 0 Å². The molecular weight excluding hydrogens is 381 g/mol. The van der Waals surface area contributed by atoms with E-state index in [-0.39, 0.29) is 11.7 Å². The lowest BCUT2D eigenvalue weighted by molar-refractivity contribution is -0.113. The number of para-hydroxylation sites is 1. The first kappa shape index (κ1) is 17.7. The number of benzene rings is 2. The van der Waals surface area contributed by atoms with E-state index in [1.807, 2.05) is 31.2 Å². The zero-order valence-electron chi connectivity index (χ0n) is 13.1. The summed E-state index contributed by atoms with van der Waals surface area (Å²) in [6, 6.07) is 12.8. The van der Waals surface area contributed by atoms with Gasteiger partial charge in [0.15, 0.2) is 0 Å². The molecule has 0 unspecified atom stereocenters. The maximum absolute atomic E-state index is 12.2. The Morgan fingerprint density at radius 1 is 1.20 bits per heavy atom. The van der Waals surface area contributed by atoms with Crippen LogP contribution in [0.3, 0.4) is 0 Å². The van der Waals surface area contributed by atoms with Crippen LogP contribution in [0.1, 0.15) is 5.56 Å². The second-order valence-corrected chi connectivity index (χ2v) is 6.90. The number of aryl methyl sites for hydroxylation is 1. The first-order valence-electron chi connectivity index (χ1n) is 7.26. The number of thioether (sulfide) groups is 1. The highest BCUT2D eigenvalue weighted by Crippen LogP contribution is 2.30. The molecule has 0 spiro atoms. The van der Waals surface area contributed by atoms with Gasteiger partial charge in [0.05, 0.1) is 27.2 Å². The molecule has 2 aromatic carbocycles. The number of carbonyl (C=O) groups excluding carboxylic acids is 1. The molecule has 25 heavy (non-hydrogen) atoms. The van der Waals surface area contributed by atoms with Crippen molar-refractivity contribution in [2.45, 2.75) is 12.1 Å². The molecule has 128 valence electrons. The Morgan fingerprint density at radius 2 is 1.92 bits per heavy atom. The number of amides is 1. The summed E-state index contributed by atoms with van der Waals surface area (Å²) in [5.74, 6) is -0.132. The van der Waals surface area contributed by atoms with E-state index in [0.29, 0.717) is 20.9 Å². The van der Waals surface area contributed by atoms with E-state index in [4.69, 9.17) is 23.2 Å². The number of hydrogen-bond donors (Lipinski definition) is 1. The van der Waals surface area contributed by atoms with Gasteiger partial charge in [-0.3, -0.25) is 4.79 Å². The highest BCUT2D eigenvalue weighted by atomic mass is 35.5. The van der Waals surface area contributed by atoms with Crippen molar-refractivity contribution in [3.63, 3.8) is 0 Å². The molecule has 0 radical (unpaired) electrons. The van der Waals surface area contributed by atoms with Crippen molar-refractivity contribution in [1.29, 1.82) is 0 Å². The van der Waals surface area contributed by atoms with Gasteiger partial charge in [-0.05, 0) is 47.2 Å². The van der Waals surface area contributed by atoms with Gasteiger partial charge in [-0.15, -0.1) is 5.10 Å². The number of anilines is 1. The zero-order chi connectivity index (χ0) is 17.8. The van der Waals surface area contributed by atoms with Gasteiger partial charge >= 0.3 is 0 Å². The predicted octanol–water partition coefficient (Wildman–Crippen LogP) is 4.01. The van der Waals surface area contributed by atoms with Crippen molar-refractivity contribution in [3.8, 4) is 5.69 Å². The molecule has 0 aliphatic rings. The highest BCUT2D eigenvalue weighted by molar-refractivity contribution is 7.99. The quantitative estimate of drug-likeness (QED) is 0.662. The fraction of sp³-hybridized carbons (Fsp3) is 0.125. The molecule has 6 nitrogen and oxygen atoms in total. The average molecular weight is 394 g/mol. The molecule has 1 amide bonds. The van der Waals surface area contributed by atoms with E-state index in [1.54, 1.807) is 22.9 Å². The number of aromatic nitrogens is 4. The van der Waals surface area contributed by atoms with Gasteiger partial charge in [-0.1, -0.05) is 53.2 Å². The van der Waals surface area contributed by atoms with Crippen molar-refractivity contribution < 1.29 is 4.79 Å². The minimum absolute atomic E-state index is 0.119. The van der Waals surface area contributed by atoms with Crippen LogP contribution in [0.5, 0.6) is 0 Å². The number of tetrazole rings is 1. The number of nitrogens with zero attached hydrogens (tertiary/aromatic N) is 4. The van der Waals surface area contributed by atoms with Crippen LogP contribution < -0.4 is 5.32 Å². The van der Waals surface area contributed by atoms with Crippen molar-refractivity contribution in [1.82, 2.24) is 20.2 Å². The number of nitrogens with one attached hydrogen (secondary N) is 1. The summed E-state index contributed by atoms with van der Waals surface area (Å²) in [4.78, 5) is 12.2. The molecular formula is C16H13Cl2N5OS. The van der Waals surface area contributed by atoms with Crippen LogP contribution in [0, 0.1) is 6.92 Å². The summed E-state index contributed by atoms with van der Waals surface area (Å²) in [5, 5.41) is 15.6. The normalized spacial score (nSPS) is 10.7. The summed E-state index contributed by atoms with van der Waals surface area (Å²) in [6.07, 6.45) is 0. The third kappa shape index (κ3) is 4.31. The highest BCUT2D eigenvalue weighted by Gasteiger charge is 2.14. The molecule has 1 aromatic heterocycles. The molecule has 0 atom stereocenters. The standard InChI is InChI=1S/C16H13Cl2N5OS/c1-10-4-2-5-11(8-10)23-16(20-21-22-23)25-9-14(24)19-15-12(17)6-3-7-13(15)18/h2-8H,9H2,1H3,(H,19,24). The zero-order valence-corrected chi connectivity index (χ0v) is 15.4. The van der Waals surface area contributed by atoms with Crippen molar-refractivity contribution in [2.75, 3.05) is 11.1 Å². The lowest BCUT2D eigenvalue weighted by atomic mass is 10.2. The number of carbonyl (C=O) groups is 1. The lowest BCUT2D eigenvalue weighted by Crippen LogP contribution is -2.15. The topological polar surface area (TPSA) is 72.7 Å². The first-order valence-corrected chi connectivity index (χ1v) is 9.01. The summed E-state index contributed by atoms with van der Waals surface area (Å²) < 4.78 is 1.59. The van der Waals surface area contributed by atoms with Gasteiger partial charge < -0.3 is 5.32 Å². The molecule has 0 aliphatic carbocycles. The van der Waals surface area contributed by atoms with E-state index in [0.717, 1.165) is 11.3 Å². The average Bonchev–Trinajstić information content (AvgIpc) is 3.05. The lowest BCUT2D eigenvalue weighted by Gasteiger charge is -2.09. The number of halogens is 2. The van der Waals surface area contributed by atoms with E-state index in [1.165, 1.54) is 11.8 Å². The number of hydrogen-bond acceptors (Lipinski definition) is 5. The van der Waals surface area contributed by atoms with E-state index < -0.39 is 0 Å². The summed E-state index contributed by atoms with van der Waals surface area (Å²) in [6.45, 7) is 1.99. The van der Waals surface area contributed by atoms with Crippen molar-refractivity contribution >= 4 is 46.6 Å². The molecule has 1 heterocycles. The van der Waals surface area contributed by atoms with Crippen molar-refractivity contribution in [3.05, 3.63) is 58.1 Å². The third-order valence-corrected chi connectivity index (χ3v) is 4.80. The molecule has 3 aromatic rings. The van der Waals surface area contributed by atoms with Crippen LogP contribution in [-0.4, -0.2) is 31.9 Å². The SMILES string of the molecule is Cc1cccc(-n2nnnc2SCC(=O)Nc2c(Cl)cccc2Cl)c1. The van der Waals surface area contributed by atoms with Gasteiger partial charge in [0.2, 0.25) is 11.1 Å². The van der Waals surface area contributed by atoms with E-state index in [9.17, 15) is 4.79 Å². The van der Waals surface area contributed by atoms with Gasteiger partial charge in [0.25, 0.3) is 0 Å². The minimum atomic E-state index is -0.251. The molecule has 0 fully saturated rings. The maximum Gasteiger partial charge on any atom is 0.234 e. The monoisotopic (exact) mass is 393 g/mol. The van der Waals surface area contributed by atoms with E-state index >= 15 is 0 Å². The van der Waals surface area contributed by atoms with Crippen LogP contribution in [0.4, 0.5) is 5.69 Å². The fourth-order valence-electron chi connectivity index (χ4n) is 2.11. The summed E-state index contributed by atoms with van der Waals surface area (Å²) >= 11 is 13.3. The van der Waals surface area contributed by atoms with Gasteiger partial charge in [0.1, 0.15) is 0 Å². The molecule has 0 aliphatic heterocycles. The second kappa shape index (κ2) is 7.86. The smallest absolute Gasteiger partial charge is 0.234 e. The molecule has 0 bridgehead atoms. The van der Waals surface area contributed by atoms with Crippen LogP contribution in [0.25, 0.3) is 5.69 Å². The Bertz CT molecular complexity index is 895. The van der Waals surface area contributed by atoms with Gasteiger partial charge in [-0.2, -0.15) is 4.68 Å². The third-order valence-electron chi connectivity index (χ3n) is 3.25. The van der Waals surface area contributed by atoms with Crippen LogP contribution >= 0.6 is 35.0 Å². The Morgan fingerprint density at radius 3 is 2.64 bits per heavy atom. The Hall–Kier alpha value is -2.09. The first-order chi connectivity index (χ1) is 12.0. The molecule has 0 saturated heterocycles. The maximum atomic E-state index is 12.2. The minimum Gasteiger partial charge on any atom is -0.323 e. The summed E-state index contributed by atoms with van der Waals surface area (Å²) in [7, 11) is 0. The van der Waals surface area contributed by atoms with Crippen LogP contribution in [0.15, 0.2) is 47.6 Å².